The molecule has 1 aliphatic heterocycles. The molecule has 3 fully saturated rings. The monoisotopic (exact) mass is 249 g/mol. The van der Waals surface area contributed by atoms with Crippen molar-refractivity contribution in [3.05, 3.63) is 0 Å². The standard InChI is InChI=1S/C9H14I/c1-2-7-5-6(1)8-3-4-10-9(7)8/h6-9H,1-5H2/q-1. The molecule has 58 valence electrons. The third-order valence-corrected chi connectivity index (χ3v) is 7.91. The van der Waals surface area contributed by atoms with Crippen molar-refractivity contribution in [3.63, 3.8) is 0 Å². The van der Waals surface area contributed by atoms with Crippen LogP contribution in [0.4, 0.5) is 0 Å². The van der Waals surface area contributed by atoms with Gasteiger partial charge in [0.25, 0.3) is 0 Å². The van der Waals surface area contributed by atoms with Crippen LogP contribution in [-0.2, 0) is 0 Å². The number of fused-ring (bicyclic) bond motifs is 5. The Morgan fingerprint density at radius 1 is 1.00 bits per heavy atom. The van der Waals surface area contributed by atoms with Crippen molar-refractivity contribution >= 4 is 0 Å². The minimum absolute atomic E-state index is 0.682. The summed E-state index contributed by atoms with van der Waals surface area (Å²) in [5.74, 6) is 3.72. The summed E-state index contributed by atoms with van der Waals surface area (Å²) >= 11 is 0.682. The summed E-state index contributed by atoms with van der Waals surface area (Å²) in [5, 5.41) is 0. The Bertz CT molecular complexity index is 139. The first kappa shape index (κ1) is 6.27. The quantitative estimate of drug-likeness (QED) is 0.377. The molecule has 0 aromatic rings. The van der Waals surface area contributed by atoms with Gasteiger partial charge in [-0.25, -0.2) is 0 Å². The summed E-state index contributed by atoms with van der Waals surface area (Å²) < 4.78 is 2.99. The van der Waals surface area contributed by atoms with Gasteiger partial charge in [0, 0.05) is 0 Å². The number of halogens is 1. The van der Waals surface area contributed by atoms with Gasteiger partial charge in [0.1, 0.15) is 0 Å². The molecule has 2 saturated carbocycles. The summed E-state index contributed by atoms with van der Waals surface area (Å²) in [5.41, 5.74) is 0. The molecule has 4 atom stereocenters. The van der Waals surface area contributed by atoms with Gasteiger partial charge in [-0.3, -0.25) is 0 Å². The van der Waals surface area contributed by atoms with Crippen LogP contribution < -0.4 is 21.2 Å². The fourth-order valence-corrected chi connectivity index (χ4v) is 8.06. The molecule has 2 bridgehead atoms. The first-order chi connectivity index (χ1) is 4.95. The van der Waals surface area contributed by atoms with Crippen LogP contribution in [0, 0.1) is 17.8 Å². The van der Waals surface area contributed by atoms with E-state index in [-0.39, 0.29) is 0 Å². The molecular formula is C9H14I-. The van der Waals surface area contributed by atoms with Gasteiger partial charge in [0.15, 0.2) is 0 Å². The Labute approximate surface area is 73.0 Å². The zero-order chi connectivity index (χ0) is 6.55. The van der Waals surface area contributed by atoms with Crippen LogP contribution in [0.5, 0.6) is 0 Å². The van der Waals surface area contributed by atoms with Gasteiger partial charge < -0.3 is 0 Å². The van der Waals surface area contributed by atoms with Crippen LogP contribution in [0.1, 0.15) is 25.7 Å². The topological polar surface area (TPSA) is 0 Å². The summed E-state index contributed by atoms with van der Waals surface area (Å²) in [6.45, 7) is 0. The van der Waals surface area contributed by atoms with Crippen molar-refractivity contribution in [2.45, 2.75) is 29.6 Å². The summed E-state index contributed by atoms with van der Waals surface area (Å²) in [7, 11) is 0. The van der Waals surface area contributed by atoms with Gasteiger partial charge in [-0.15, -0.1) is 0 Å². The third-order valence-electron chi connectivity index (χ3n) is 3.71. The molecule has 10 heavy (non-hydrogen) atoms. The fraction of sp³-hybridized carbons (Fsp3) is 1.00. The van der Waals surface area contributed by atoms with Gasteiger partial charge in [0.05, 0.1) is 0 Å². The second-order valence-electron chi connectivity index (χ2n) is 4.07. The van der Waals surface area contributed by atoms with Crippen molar-refractivity contribution in [1.82, 2.24) is 0 Å². The number of rotatable bonds is 0. The molecule has 3 aliphatic rings. The van der Waals surface area contributed by atoms with Gasteiger partial charge in [0.2, 0.25) is 0 Å². The molecule has 1 saturated heterocycles. The van der Waals surface area contributed by atoms with Gasteiger partial charge in [-0.2, -0.15) is 0 Å². The van der Waals surface area contributed by atoms with E-state index < -0.39 is 0 Å². The molecule has 2 aliphatic carbocycles. The van der Waals surface area contributed by atoms with E-state index in [1.807, 2.05) is 0 Å². The van der Waals surface area contributed by atoms with Crippen molar-refractivity contribution in [2.24, 2.45) is 17.8 Å². The van der Waals surface area contributed by atoms with Crippen LogP contribution in [-0.4, -0.2) is 8.35 Å². The third kappa shape index (κ3) is 0.678. The zero-order valence-electron chi connectivity index (χ0n) is 6.22. The van der Waals surface area contributed by atoms with Crippen LogP contribution in [0.25, 0.3) is 0 Å². The maximum absolute atomic E-state index is 1.67. The van der Waals surface area contributed by atoms with Crippen molar-refractivity contribution in [3.8, 4) is 0 Å². The molecule has 0 amide bonds. The van der Waals surface area contributed by atoms with E-state index in [1.165, 1.54) is 21.7 Å². The van der Waals surface area contributed by atoms with Gasteiger partial charge in [-0.05, 0) is 0 Å². The molecule has 3 rings (SSSR count). The van der Waals surface area contributed by atoms with E-state index in [4.69, 9.17) is 0 Å². The molecule has 0 aromatic heterocycles. The summed E-state index contributed by atoms with van der Waals surface area (Å²) in [4.78, 5) is 0. The molecule has 1 heteroatoms. The van der Waals surface area contributed by atoms with Gasteiger partial charge in [-0.1, -0.05) is 0 Å². The molecule has 0 spiro atoms. The number of alkyl halides is 2. The Morgan fingerprint density at radius 2 is 1.90 bits per heavy atom. The molecular weight excluding hydrogens is 235 g/mol. The molecule has 0 radical (unpaired) electrons. The number of hydrogen-bond donors (Lipinski definition) is 0. The predicted octanol–water partition coefficient (Wildman–Crippen LogP) is -1.11. The molecule has 0 aromatic carbocycles. The Morgan fingerprint density at radius 3 is 2.80 bits per heavy atom. The average molecular weight is 249 g/mol. The zero-order valence-corrected chi connectivity index (χ0v) is 8.38. The van der Waals surface area contributed by atoms with E-state index in [2.05, 4.69) is 0 Å². The summed E-state index contributed by atoms with van der Waals surface area (Å²) in [6.07, 6.45) is 6.51. The summed E-state index contributed by atoms with van der Waals surface area (Å²) in [6, 6.07) is 0. The van der Waals surface area contributed by atoms with Crippen LogP contribution >= 0.6 is 0 Å². The van der Waals surface area contributed by atoms with E-state index in [9.17, 15) is 0 Å². The van der Waals surface area contributed by atoms with E-state index >= 15 is 0 Å². The van der Waals surface area contributed by atoms with Crippen LogP contribution in [0.2, 0.25) is 0 Å². The van der Waals surface area contributed by atoms with Crippen LogP contribution in [0.3, 0.4) is 0 Å². The molecule has 4 unspecified atom stereocenters. The second-order valence-corrected chi connectivity index (χ2v) is 7.47. The number of hydrogen-bond acceptors (Lipinski definition) is 0. The fourth-order valence-electron chi connectivity index (χ4n) is 3.29. The molecule has 0 N–H and O–H groups in total. The van der Waals surface area contributed by atoms with Gasteiger partial charge >= 0.3 is 73.0 Å². The van der Waals surface area contributed by atoms with Crippen LogP contribution in [0.15, 0.2) is 0 Å². The van der Waals surface area contributed by atoms with Crippen molar-refractivity contribution in [1.29, 1.82) is 0 Å². The normalized spacial score (nSPS) is 58.4. The van der Waals surface area contributed by atoms with Crippen molar-refractivity contribution < 1.29 is 21.2 Å². The first-order valence-electron chi connectivity index (χ1n) is 4.53. The SMILES string of the molecule is C1CC2C3CCC(C3)C2[I-]1. The predicted molar refractivity (Wildman–Crippen MR) is 37.6 cm³/mol. The molecule has 0 nitrogen and oxygen atoms in total. The van der Waals surface area contributed by atoms with Crippen molar-refractivity contribution in [2.75, 3.05) is 4.43 Å². The van der Waals surface area contributed by atoms with E-state index in [0.717, 1.165) is 0 Å². The minimum atomic E-state index is 0.682. The van der Waals surface area contributed by atoms with E-state index in [1.54, 1.807) is 30.1 Å². The average Bonchev–Trinajstić information content (AvgIpc) is 2.60. The first-order valence-corrected chi connectivity index (χ1v) is 7.30. The Balaban J connectivity index is 1.92. The Kier molecular flexibility index (Phi) is 1.33. The van der Waals surface area contributed by atoms with E-state index in [0.29, 0.717) is 21.2 Å². The maximum atomic E-state index is 1.67. The Hall–Kier alpha value is 0.730. The molecule has 1 heterocycles. The second kappa shape index (κ2) is 2.11.